The van der Waals surface area contributed by atoms with E-state index in [-0.39, 0.29) is 0 Å². The zero-order valence-corrected chi connectivity index (χ0v) is 7.79. The minimum absolute atomic E-state index is 0.379. The summed E-state index contributed by atoms with van der Waals surface area (Å²) >= 11 is 0. The molecular formula is C10H15NO2. The molecule has 3 heteroatoms. The molecule has 0 radical (unpaired) electrons. The van der Waals surface area contributed by atoms with Gasteiger partial charge in [-0.05, 0) is 6.08 Å². The first-order chi connectivity index (χ1) is 6.24. The molecule has 0 spiro atoms. The van der Waals surface area contributed by atoms with E-state index >= 15 is 0 Å². The van der Waals surface area contributed by atoms with Gasteiger partial charge < -0.3 is 15.2 Å². The number of aliphatic hydroxyl groups is 1. The highest BCUT2D eigenvalue weighted by Gasteiger charge is 2.03. The van der Waals surface area contributed by atoms with Crippen molar-refractivity contribution in [2.75, 3.05) is 13.7 Å². The number of allylic oxidation sites excluding steroid dienone is 2. The molecule has 0 aromatic carbocycles. The van der Waals surface area contributed by atoms with Gasteiger partial charge >= 0.3 is 0 Å². The lowest BCUT2D eigenvalue weighted by Crippen LogP contribution is -2.19. The van der Waals surface area contributed by atoms with Gasteiger partial charge in [0.2, 0.25) is 0 Å². The van der Waals surface area contributed by atoms with Crippen molar-refractivity contribution >= 4 is 0 Å². The average Bonchev–Trinajstić information content (AvgIpc) is 2.14. The van der Waals surface area contributed by atoms with E-state index in [4.69, 9.17) is 16.3 Å². The molecule has 0 amide bonds. The van der Waals surface area contributed by atoms with Crippen LogP contribution in [0.1, 0.15) is 6.42 Å². The molecule has 2 N–H and O–H groups in total. The molecule has 1 atom stereocenters. The topological polar surface area (TPSA) is 41.5 Å². The Balaban J connectivity index is 4.03. The minimum Gasteiger partial charge on any atom is -0.377 e. The van der Waals surface area contributed by atoms with E-state index in [0.717, 1.165) is 5.70 Å². The Kier molecular flexibility index (Phi) is 6.70. The second kappa shape index (κ2) is 7.41. The van der Waals surface area contributed by atoms with E-state index in [0.29, 0.717) is 13.0 Å². The number of nitrogens with one attached hydrogen (secondary N) is 1. The van der Waals surface area contributed by atoms with Crippen molar-refractivity contribution in [3.8, 4) is 12.3 Å². The van der Waals surface area contributed by atoms with Crippen molar-refractivity contribution in [1.29, 1.82) is 0 Å². The van der Waals surface area contributed by atoms with Gasteiger partial charge in [-0.3, -0.25) is 0 Å². The lowest BCUT2D eigenvalue weighted by Gasteiger charge is -2.12. The fourth-order valence-corrected chi connectivity index (χ4v) is 0.777. The predicted octanol–water partition coefficient (Wildman–Crippen LogP) is 0.634. The van der Waals surface area contributed by atoms with Gasteiger partial charge in [-0.15, -0.1) is 6.42 Å². The standard InChI is InChI=1S/C10H15NO2/c1-4-6-9(11-7-5-2)8-10(12)13-3/h2,4,6,10-12H,1,7-8H2,3H3/b9-6+. The average molecular weight is 181 g/mol. The van der Waals surface area contributed by atoms with Crippen LogP contribution in [0.15, 0.2) is 24.4 Å². The molecule has 0 aromatic heterocycles. The van der Waals surface area contributed by atoms with Crippen LogP contribution in [0, 0.1) is 12.3 Å². The Morgan fingerprint density at radius 1 is 1.85 bits per heavy atom. The highest BCUT2D eigenvalue weighted by molar-refractivity contribution is 5.10. The van der Waals surface area contributed by atoms with Crippen LogP contribution in [-0.2, 0) is 4.74 Å². The first-order valence-electron chi connectivity index (χ1n) is 3.94. The molecule has 0 saturated heterocycles. The van der Waals surface area contributed by atoms with E-state index < -0.39 is 6.29 Å². The Hall–Kier alpha value is -1.24. The molecule has 0 rings (SSSR count). The number of aliphatic hydroxyl groups excluding tert-OH is 1. The van der Waals surface area contributed by atoms with Crippen LogP contribution in [0.3, 0.4) is 0 Å². The maximum Gasteiger partial charge on any atom is 0.159 e. The summed E-state index contributed by atoms with van der Waals surface area (Å²) in [6.45, 7) is 3.98. The van der Waals surface area contributed by atoms with Gasteiger partial charge in [0.1, 0.15) is 0 Å². The highest BCUT2D eigenvalue weighted by Crippen LogP contribution is 2.02. The lowest BCUT2D eigenvalue weighted by molar-refractivity contribution is -0.0727. The van der Waals surface area contributed by atoms with E-state index in [9.17, 15) is 0 Å². The SMILES string of the molecule is C#CCN/C(=C/C=C)CC(O)OC. The van der Waals surface area contributed by atoms with Crippen LogP contribution < -0.4 is 5.32 Å². The summed E-state index contributed by atoms with van der Waals surface area (Å²) in [4.78, 5) is 0. The van der Waals surface area contributed by atoms with Crippen molar-refractivity contribution in [1.82, 2.24) is 5.32 Å². The summed E-state index contributed by atoms with van der Waals surface area (Å²) in [6, 6.07) is 0. The summed E-state index contributed by atoms with van der Waals surface area (Å²) in [5, 5.41) is 12.1. The maximum absolute atomic E-state index is 9.17. The Morgan fingerprint density at radius 2 is 2.54 bits per heavy atom. The minimum atomic E-state index is -0.809. The van der Waals surface area contributed by atoms with Gasteiger partial charge in [-0.1, -0.05) is 18.6 Å². The molecule has 0 fully saturated rings. The number of hydrogen-bond acceptors (Lipinski definition) is 3. The maximum atomic E-state index is 9.17. The van der Waals surface area contributed by atoms with Gasteiger partial charge in [0.15, 0.2) is 6.29 Å². The number of hydrogen-bond donors (Lipinski definition) is 2. The number of methoxy groups -OCH3 is 1. The number of rotatable bonds is 6. The lowest BCUT2D eigenvalue weighted by atomic mass is 10.2. The van der Waals surface area contributed by atoms with Gasteiger partial charge in [-0.2, -0.15) is 0 Å². The zero-order valence-electron chi connectivity index (χ0n) is 7.79. The van der Waals surface area contributed by atoms with Gasteiger partial charge in [0.05, 0.1) is 6.54 Å². The van der Waals surface area contributed by atoms with Crippen molar-refractivity contribution in [3.05, 3.63) is 24.4 Å². The normalized spacial score (nSPS) is 13.2. The van der Waals surface area contributed by atoms with Crippen LogP contribution in [0.5, 0.6) is 0 Å². The van der Waals surface area contributed by atoms with Gasteiger partial charge in [0.25, 0.3) is 0 Å². The Bertz CT molecular complexity index is 215. The summed E-state index contributed by atoms with van der Waals surface area (Å²) in [7, 11) is 1.44. The first-order valence-corrected chi connectivity index (χ1v) is 3.94. The molecule has 0 aliphatic carbocycles. The van der Waals surface area contributed by atoms with Crippen LogP contribution in [-0.4, -0.2) is 25.1 Å². The molecule has 0 aromatic rings. The van der Waals surface area contributed by atoms with Crippen LogP contribution in [0.4, 0.5) is 0 Å². The van der Waals surface area contributed by atoms with Crippen LogP contribution in [0.2, 0.25) is 0 Å². The molecule has 0 saturated carbocycles. The molecule has 0 aliphatic rings. The summed E-state index contributed by atoms with van der Waals surface area (Å²) in [6.07, 6.45) is 8.02. The molecule has 3 nitrogen and oxygen atoms in total. The highest BCUT2D eigenvalue weighted by atomic mass is 16.6. The number of terminal acetylenes is 1. The van der Waals surface area contributed by atoms with Crippen LogP contribution in [0.25, 0.3) is 0 Å². The van der Waals surface area contributed by atoms with E-state index in [1.54, 1.807) is 12.2 Å². The van der Waals surface area contributed by atoms with E-state index in [1.807, 2.05) is 0 Å². The molecule has 0 heterocycles. The number of ether oxygens (including phenoxy) is 1. The Morgan fingerprint density at radius 3 is 3.00 bits per heavy atom. The predicted molar refractivity (Wildman–Crippen MR) is 52.7 cm³/mol. The first kappa shape index (κ1) is 11.8. The van der Waals surface area contributed by atoms with E-state index in [1.165, 1.54) is 7.11 Å². The van der Waals surface area contributed by atoms with Crippen molar-refractivity contribution in [3.63, 3.8) is 0 Å². The Labute approximate surface area is 79.1 Å². The third-order valence-corrected chi connectivity index (χ3v) is 1.40. The monoisotopic (exact) mass is 181 g/mol. The fourth-order valence-electron chi connectivity index (χ4n) is 0.777. The second-order valence-corrected chi connectivity index (χ2v) is 2.38. The molecular weight excluding hydrogens is 166 g/mol. The van der Waals surface area contributed by atoms with Gasteiger partial charge in [0, 0.05) is 19.2 Å². The van der Waals surface area contributed by atoms with Gasteiger partial charge in [-0.25, -0.2) is 0 Å². The summed E-state index contributed by atoms with van der Waals surface area (Å²) in [5.74, 6) is 2.44. The quantitative estimate of drug-likeness (QED) is 0.359. The van der Waals surface area contributed by atoms with Crippen molar-refractivity contribution in [2.24, 2.45) is 0 Å². The summed E-state index contributed by atoms with van der Waals surface area (Å²) < 4.78 is 4.70. The third kappa shape index (κ3) is 5.97. The largest absolute Gasteiger partial charge is 0.377 e. The van der Waals surface area contributed by atoms with Crippen molar-refractivity contribution in [2.45, 2.75) is 12.7 Å². The molecule has 13 heavy (non-hydrogen) atoms. The van der Waals surface area contributed by atoms with Crippen LogP contribution >= 0.6 is 0 Å². The fraction of sp³-hybridized carbons (Fsp3) is 0.400. The zero-order chi connectivity index (χ0) is 10.1. The molecule has 1 unspecified atom stereocenters. The summed E-state index contributed by atoms with van der Waals surface area (Å²) in [5.41, 5.74) is 0.808. The molecule has 0 aliphatic heterocycles. The second-order valence-electron chi connectivity index (χ2n) is 2.38. The molecule has 72 valence electrons. The smallest absolute Gasteiger partial charge is 0.159 e. The van der Waals surface area contributed by atoms with E-state index in [2.05, 4.69) is 17.8 Å². The van der Waals surface area contributed by atoms with Crippen molar-refractivity contribution < 1.29 is 9.84 Å². The third-order valence-electron chi connectivity index (χ3n) is 1.40. The molecule has 0 bridgehead atoms.